The molecule has 7 nitrogen and oxygen atoms in total. The van der Waals surface area contributed by atoms with E-state index in [9.17, 15) is 9.18 Å². The van der Waals surface area contributed by atoms with Gasteiger partial charge in [-0.15, -0.1) is 24.0 Å². The minimum atomic E-state index is -0.234. The van der Waals surface area contributed by atoms with Gasteiger partial charge in [-0.25, -0.2) is 9.38 Å². The molecular weight excluding hydrogens is 526 g/mol. The van der Waals surface area contributed by atoms with E-state index in [2.05, 4.69) is 20.9 Å². The maximum absolute atomic E-state index is 13.0. The Morgan fingerprint density at radius 2 is 1.66 bits per heavy atom. The van der Waals surface area contributed by atoms with Crippen LogP contribution in [-0.4, -0.2) is 45.2 Å². The highest BCUT2D eigenvalue weighted by Gasteiger charge is 2.08. The molecule has 0 saturated heterocycles. The highest BCUT2D eigenvalue weighted by Crippen LogP contribution is 2.28. The van der Waals surface area contributed by atoms with Crippen LogP contribution in [0.25, 0.3) is 0 Å². The largest absolute Gasteiger partial charge is 0.493 e. The van der Waals surface area contributed by atoms with Crippen LogP contribution >= 0.6 is 24.0 Å². The molecule has 9 heteroatoms. The molecular formula is C23H32FIN4O3. The molecule has 32 heavy (non-hydrogen) atoms. The number of guanidine groups is 1. The highest BCUT2D eigenvalue weighted by molar-refractivity contribution is 14.0. The summed E-state index contributed by atoms with van der Waals surface area (Å²) in [6, 6.07) is 12.0. The molecule has 0 aliphatic heterocycles. The minimum Gasteiger partial charge on any atom is -0.493 e. The first-order chi connectivity index (χ1) is 15.0. The first-order valence-corrected chi connectivity index (χ1v) is 10.4. The molecule has 0 unspecified atom stereocenters. The summed E-state index contributed by atoms with van der Waals surface area (Å²) in [7, 11) is 1.56. The van der Waals surface area contributed by atoms with Crippen LogP contribution in [0.5, 0.6) is 11.5 Å². The number of ether oxygens (including phenoxy) is 2. The second-order valence-electron chi connectivity index (χ2n) is 6.73. The van der Waals surface area contributed by atoms with Gasteiger partial charge in [0.15, 0.2) is 24.1 Å². The molecule has 0 bridgehead atoms. The number of hydrogen-bond acceptors (Lipinski definition) is 4. The predicted octanol–water partition coefficient (Wildman–Crippen LogP) is 3.27. The van der Waals surface area contributed by atoms with E-state index in [1.54, 1.807) is 25.3 Å². The van der Waals surface area contributed by atoms with Crippen molar-refractivity contribution in [1.29, 1.82) is 0 Å². The number of rotatable bonds is 11. The summed E-state index contributed by atoms with van der Waals surface area (Å²) >= 11 is 0. The van der Waals surface area contributed by atoms with Crippen molar-refractivity contribution in [3.8, 4) is 11.5 Å². The lowest BCUT2D eigenvalue weighted by atomic mass is 10.1. The van der Waals surface area contributed by atoms with E-state index >= 15 is 0 Å². The normalized spacial score (nSPS) is 10.7. The van der Waals surface area contributed by atoms with Crippen molar-refractivity contribution < 1.29 is 18.7 Å². The van der Waals surface area contributed by atoms with Crippen LogP contribution in [-0.2, 0) is 17.8 Å². The van der Waals surface area contributed by atoms with Crippen LogP contribution in [0.15, 0.2) is 47.5 Å². The summed E-state index contributed by atoms with van der Waals surface area (Å²) in [5.41, 5.74) is 2.00. The number of nitrogens with zero attached hydrogens (tertiary/aromatic N) is 1. The van der Waals surface area contributed by atoms with Crippen LogP contribution in [0.4, 0.5) is 4.39 Å². The van der Waals surface area contributed by atoms with E-state index in [1.165, 1.54) is 12.1 Å². The molecule has 0 fully saturated rings. The number of halogens is 2. The van der Waals surface area contributed by atoms with Gasteiger partial charge in [-0.05, 0) is 55.7 Å². The molecule has 2 aromatic carbocycles. The smallest absolute Gasteiger partial charge is 0.257 e. The van der Waals surface area contributed by atoms with Crippen molar-refractivity contribution in [2.24, 2.45) is 4.99 Å². The molecule has 0 radical (unpaired) electrons. The van der Waals surface area contributed by atoms with Gasteiger partial charge in [0.2, 0.25) is 0 Å². The number of aliphatic imine (C=N–C) groups is 1. The average Bonchev–Trinajstić information content (AvgIpc) is 2.77. The molecule has 0 aromatic heterocycles. The minimum absolute atomic E-state index is 0. The first kappa shape index (κ1) is 27.5. The van der Waals surface area contributed by atoms with E-state index < -0.39 is 0 Å². The molecule has 0 aliphatic rings. The number of nitrogens with one attached hydrogen (secondary N) is 3. The topological polar surface area (TPSA) is 84.0 Å². The van der Waals surface area contributed by atoms with Crippen LogP contribution in [0, 0.1) is 5.82 Å². The molecule has 2 aromatic rings. The Morgan fingerprint density at radius 3 is 2.31 bits per heavy atom. The number of benzene rings is 2. The number of likely N-dealkylation sites (N-methyl/N-ethyl adjacent to an activating group) is 1. The Bertz CT molecular complexity index is 863. The van der Waals surface area contributed by atoms with Crippen molar-refractivity contribution in [3.05, 3.63) is 59.4 Å². The third-order valence-electron chi connectivity index (χ3n) is 4.34. The van der Waals surface area contributed by atoms with E-state index in [0.29, 0.717) is 37.1 Å². The molecule has 2 rings (SSSR count). The Hall–Kier alpha value is -2.56. The van der Waals surface area contributed by atoms with Crippen LogP contribution < -0.4 is 25.4 Å². The second-order valence-corrected chi connectivity index (χ2v) is 6.73. The average molecular weight is 558 g/mol. The molecule has 0 aliphatic carbocycles. The van der Waals surface area contributed by atoms with Gasteiger partial charge in [-0.3, -0.25) is 4.79 Å². The lowest BCUT2D eigenvalue weighted by Crippen LogP contribution is -2.38. The van der Waals surface area contributed by atoms with E-state index in [4.69, 9.17) is 9.47 Å². The van der Waals surface area contributed by atoms with Crippen molar-refractivity contribution in [1.82, 2.24) is 16.0 Å². The lowest BCUT2D eigenvalue weighted by molar-refractivity contribution is -0.123. The fourth-order valence-corrected chi connectivity index (χ4v) is 2.81. The Balaban J connectivity index is 0.00000512. The van der Waals surface area contributed by atoms with Crippen molar-refractivity contribution in [3.63, 3.8) is 0 Å². The van der Waals surface area contributed by atoms with Gasteiger partial charge in [0.1, 0.15) is 5.82 Å². The van der Waals surface area contributed by atoms with Gasteiger partial charge in [-0.1, -0.05) is 18.2 Å². The van der Waals surface area contributed by atoms with E-state index in [-0.39, 0.29) is 42.3 Å². The second kappa shape index (κ2) is 15.3. The molecule has 176 valence electrons. The number of carbonyl (C=O) groups excluding carboxylic acids is 1. The fourth-order valence-electron chi connectivity index (χ4n) is 2.81. The highest BCUT2D eigenvalue weighted by atomic mass is 127. The van der Waals surface area contributed by atoms with Gasteiger partial charge < -0.3 is 25.4 Å². The van der Waals surface area contributed by atoms with Gasteiger partial charge >= 0.3 is 0 Å². The zero-order valence-electron chi connectivity index (χ0n) is 18.7. The molecule has 3 N–H and O–H groups in total. The van der Waals surface area contributed by atoms with Crippen LogP contribution in [0.2, 0.25) is 0 Å². The third-order valence-corrected chi connectivity index (χ3v) is 4.34. The Morgan fingerprint density at radius 1 is 0.969 bits per heavy atom. The van der Waals surface area contributed by atoms with Crippen LogP contribution in [0.1, 0.15) is 25.0 Å². The summed E-state index contributed by atoms with van der Waals surface area (Å²) in [4.78, 5) is 16.2. The summed E-state index contributed by atoms with van der Waals surface area (Å²) < 4.78 is 23.9. The van der Waals surface area contributed by atoms with Gasteiger partial charge in [-0.2, -0.15) is 0 Å². The fraction of sp³-hybridized carbons (Fsp3) is 0.391. The van der Waals surface area contributed by atoms with Crippen molar-refractivity contribution in [2.75, 3.05) is 33.4 Å². The van der Waals surface area contributed by atoms with Gasteiger partial charge in [0, 0.05) is 19.6 Å². The summed E-state index contributed by atoms with van der Waals surface area (Å²) in [5.74, 6) is 1.33. The number of methoxy groups -OCH3 is 1. The zero-order chi connectivity index (χ0) is 22.5. The predicted molar refractivity (Wildman–Crippen MR) is 136 cm³/mol. The molecule has 0 heterocycles. The lowest BCUT2D eigenvalue weighted by Gasteiger charge is -2.13. The quantitative estimate of drug-likeness (QED) is 0.224. The molecule has 0 atom stereocenters. The zero-order valence-corrected chi connectivity index (χ0v) is 21.1. The monoisotopic (exact) mass is 558 g/mol. The maximum atomic E-state index is 13.0. The van der Waals surface area contributed by atoms with Gasteiger partial charge in [0.05, 0.1) is 13.7 Å². The number of amides is 1. The van der Waals surface area contributed by atoms with Crippen molar-refractivity contribution >= 4 is 35.8 Å². The summed E-state index contributed by atoms with van der Waals surface area (Å²) in [5, 5.41) is 9.18. The Kier molecular flexibility index (Phi) is 13.1. The summed E-state index contributed by atoms with van der Waals surface area (Å²) in [6.07, 6.45) is 0.760. The van der Waals surface area contributed by atoms with E-state index in [1.807, 2.05) is 26.0 Å². The number of carbonyl (C=O) groups is 1. The molecule has 1 amide bonds. The first-order valence-electron chi connectivity index (χ1n) is 10.4. The van der Waals surface area contributed by atoms with Crippen LogP contribution in [0.3, 0.4) is 0 Å². The standard InChI is InChI=1S/C23H31FN4O3.HI/c1-4-25-22(29)16-31-20-11-8-18(14-21(20)30-3)15-28-23(26-5-2)27-13-12-17-6-9-19(24)10-7-17;/h6-11,14H,4-5,12-13,15-16H2,1-3H3,(H,25,29)(H2,26,27,28);1H. The maximum Gasteiger partial charge on any atom is 0.257 e. The van der Waals surface area contributed by atoms with Gasteiger partial charge in [0.25, 0.3) is 5.91 Å². The SMILES string of the molecule is CCNC(=O)COc1ccc(CN=C(NCC)NCCc2ccc(F)cc2)cc1OC.I. The molecule has 0 spiro atoms. The Labute approximate surface area is 206 Å². The molecule has 0 saturated carbocycles. The summed E-state index contributed by atoms with van der Waals surface area (Å²) in [6.45, 7) is 6.20. The van der Waals surface area contributed by atoms with E-state index in [0.717, 1.165) is 24.1 Å². The third kappa shape index (κ3) is 9.71. The number of hydrogen-bond donors (Lipinski definition) is 3. The van der Waals surface area contributed by atoms with Crippen molar-refractivity contribution in [2.45, 2.75) is 26.8 Å².